The van der Waals surface area contributed by atoms with E-state index < -0.39 is 30.8 Å². The summed E-state index contributed by atoms with van der Waals surface area (Å²) in [6.45, 7) is 1.73. The van der Waals surface area contributed by atoms with Crippen molar-refractivity contribution >= 4 is 42.1 Å². The molecule has 1 fully saturated rings. The van der Waals surface area contributed by atoms with Gasteiger partial charge in [0.15, 0.2) is 0 Å². The molecule has 110 valence electrons. The van der Waals surface area contributed by atoms with Gasteiger partial charge in [-0.3, -0.25) is 10.1 Å². The van der Waals surface area contributed by atoms with Gasteiger partial charge in [-0.05, 0) is 6.92 Å². The monoisotopic (exact) mass is 333 g/mol. The van der Waals surface area contributed by atoms with Crippen LogP contribution in [0.15, 0.2) is 5.38 Å². The zero-order chi connectivity index (χ0) is 12.5. The van der Waals surface area contributed by atoms with Crippen LogP contribution in [0.4, 0.5) is 8.78 Å². The Morgan fingerprint density at radius 3 is 2.79 bits per heavy atom. The number of hydrogen-bond donors (Lipinski definition) is 2. The van der Waals surface area contributed by atoms with E-state index in [2.05, 4.69) is 15.6 Å². The molecule has 0 saturated carbocycles. The molecule has 1 aromatic rings. The number of nitrogens with zero attached hydrogens (tertiary/aromatic N) is 1. The molecule has 9 heteroatoms. The highest BCUT2D eigenvalue weighted by atomic mass is 35.5. The Balaban J connectivity index is 0.00000162. The van der Waals surface area contributed by atoms with Gasteiger partial charge in [0, 0.05) is 17.5 Å². The smallest absolute Gasteiger partial charge is 0.262 e. The van der Waals surface area contributed by atoms with E-state index in [-0.39, 0.29) is 24.8 Å². The molecule has 1 aliphatic heterocycles. The number of thiazole rings is 1. The summed E-state index contributed by atoms with van der Waals surface area (Å²) >= 11 is 1.44. The molecule has 0 aromatic carbocycles. The number of amides is 1. The lowest BCUT2D eigenvalue weighted by atomic mass is 10.2. The van der Waals surface area contributed by atoms with Gasteiger partial charge >= 0.3 is 0 Å². The summed E-state index contributed by atoms with van der Waals surface area (Å²) in [6.07, 6.45) is -0.435. The van der Waals surface area contributed by atoms with Crippen molar-refractivity contribution in [2.45, 2.75) is 31.9 Å². The van der Waals surface area contributed by atoms with Crippen molar-refractivity contribution in [2.24, 2.45) is 0 Å². The summed E-state index contributed by atoms with van der Waals surface area (Å²) in [6, 6.07) is -0.800. The zero-order valence-corrected chi connectivity index (χ0v) is 12.6. The quantitative estimate of drug-likeness (QED) is 0.888. The first kappa shape index (κ1) is 18.5. The van der Waals surface area contributed by atoms with E-state index >= 15 is 0 Å². The summed E-state index contributed by atoms with van der Waals surface area (Å²) in [5.41, 5.74) is 0.893. The van der Waals surface area contributed by atoms with E-state index in [0.717, 1.165) is 10.7 Å². The Morgan fingerprint density at radius 1 is 1.63 bits per heavy atom. The third-order valence-electron chi connectivity index (χ3n) is 2.51. The first-order valence-corrected chi connectivity index (χ1v) is 6.14. The number of alkyl halides is 2. The minimum absolute atomic E-state index is 0. The molecule has 0 bridgehead atoms. The Bertz CT molecular complexity index is 431. The lowest BCUT2D eigenvalue weighted by Gasteiger charge is -2.09. The largest absolute Gasteiger partial charge is 0.348 e. The fourth-order valence-corrected chi connectivity index (χ4v) is 2.38. The van der Waals surface area contributed by atoms with Gasteiger partial charge in [-0.15, -0.1) is 36.2 Å². The Morgan fingerprint density at radius 2 is 2.32 bits per heavy atom. The predicted octanol–water partition coefficient (Wildman–Crippen LogP) is 1.91. The van der Waals surface area contributed by atoms with Crippen molar-refractivity contribution in [3.05, 3.63) is 16.1 Å². The first-order valence-electron chi connectivity index (χ1n) is 5.26. The summed E-state index contributed by atoms with van der Waals surface area (Å²) in [4.78, 5) is 15.8. The molecule has 0 aliphatic carbocycles. The maximum Gasteiger partial charge on any atom is 0.262 e. The van der Waals surface area contributed by atoms with Crippen molar-refractivity contribution in [1.82, 2.24) is 15.6 Å². The van der Waals surface area contributed by atoms with Crippen molar-refractivity contribution in [2.75, 3.05) is 6.54 Å². The highest BCUT2D eigenvalue weighted by molar-refractivity contribution is 7.09. The zero-order valence-electron chi connectivity index (χ0n) is 10.1. The van der Waals surface area contributed by atoms with Gasteiger partial charge in [-0.25, -0.2) is 13.8 Å². The Hall–Kier alpha value is -0.500. The average Bonchev–Trinajstić information content (AvgIpc) is 2.81. The molecule has 19 heavy (non-hydrogen) atoms. The highest BCUT2D eigenvalue weighted by Crippen LogP contribution is 2.25. The summed E-state index contributed by atoms with van der Waals surface area (Å²) in [7, 11) is 0. The maximum absolute atomic E-state index is 12.9. The number of nitrogens with one attached hydrogen (secondary N) is 2. The average molecular weight is 334 g/mol. The molecule has 1 aromatic heterocycles. The molecule has 1 amide bonds. The number of carbonyl (C=O) groups excluding carboxylic acids is 1. The van der Waals surface area contributed by atoms with E-state index in [1.54, 1.807) is 0 Å². The van der Waals surface area contributed by atoms with Crippen molar-refractivity contribution < 1.29 is 13.6 Å². The lowest BCUT2D eigenvalue weighted by Crippen LogP contribution is -2.39. The summed E-state index contributed by atoms with van der Waals surface area (Å²) in [5.74, 6) is -3.17. The van der Waals surface area contributed by atoms with Crippen LogP contribution in [0.1, 0.15) is 17.1 Å². The van der Waals surface area contributed by atoms with Gasteiger partial charge in [-0.1, -0.05) is 0 Å². The SMILES string of the molecule is Cc1csc(CNC(=O)C2CC(F)(F)CN2)n1.Cl.Cl. The van der Waals surface area contributed by atoms with Crippen LogP contribution in [0, 0.1) is 6.92 Å². The molecule has 1 saturated heterocycles. The van der Waals surface area contributed by atoms with E-state index in [1.807, 2.05) is 12.3 Å². The number of halogens is 4. The standard InChI is InChI=1S/C10H13F2N3OS.2ClH/c1-6-4-17-8(15-6)3-13-9(16)7-2-10(11,12)5-14-7;;/h4,7,14H,2-3,5H2,1H3,(H,13,16);2*1H. The van der Waals surface area contributed by atoms with Crippen LogP contribution in [0.5, 0.6) is 0 Å². The van der Waals surface area contributed by atoms with E-state index in [0.29, 0.717) is 6.54 Å². The van der Waals surface area contributed by atoms with Crippen LogP contribution in [0.25, 0.3) is 0 Å². The fraction of sp³-hybridized carbons (Fsp3) is 0.600. The number of rotatable bonds is 3. The highest BCUT2D eigenvalue weighted by Gasteiger charge is 2.42. The molecule has 4 nitrogen and oxygen atoms in total. The fourth-order valence-electron chi connectivity index (χ4n) is 1.67. The Labute approximate surface area is 126 Å². The van der Waals surface area contributed by atoms with Gasteiger partial charge in [0.25, 0.3) is 5.92 Å². The van der Waals surface area contributed by atoms with E-state index in [9.17, 15) is 13.6 Å². The van der Waals surface area contributed by atoms with Gasteiger partial charge in [0.1, 0.15) is 5.01 Å². The molecule has 1 aliphatic rings. The van der Waals surface area contributed by atoms with Crippen LogP contribution in [-0.4, -0.2) is 29.4 Å². The summed E-state index contributed by atoms with van der Waals surface area (Å²) in [5, 5.41) is 7.77. The van der Waals surface area contributed by atoms with Gasteiger partial charge in [0.05, 0.1) is 19.1 Å². The van der Waals surface area contributed by atoms with Crippen LogP contribution >= 0.6 is 36.2 Å². The maximum atomic E-state index is 12.9. The summed E-state index contributed by atoms with van der Waals surface area (Å²) < 4.78 is 25.7. The van der Waals surface area contributed by atoms with Crippen LogP contribution in [0.2, 0.25) is 0 Å². The molecule has 1 unspecified atom stereocenters. The predicted molar refractivity (Wildman–Crippen MR) is 74.5 cm³/mol. The van der Waals surface area contributed by atoms with Crippen molar-refractivity contribution in [3.63, 3.8) is 0 Å². The number of hydrogen-bond acceptors (Lipinski definition) is 4. The van der Waals surface area contributed by atoms with Crippen LogP contribution in [0.3, 0.4) is 0 Å². The third-order valence-corrected chi connectivity index (χ3v) is 3.47. The van der Waals surface area contributed by atoms with Gasteiger partial charge in [0.2, 0.25) is 5.91 Å². The van der Waals surface area contributed by atoms with Crippen molar-refractivity contribution in [1.29, 1.82) is 0 Å². The topological polar surface area (TPSA) is 54.0 Å². The number of aromatic nitrogens is 1. The third kappa shape index (κ3) is 5.18. The normalized spacial score (nSPS) is 20.3. The Kier molecular flexibility index (Phi) is 7.13. The van der Waals surface area contributed by atoms with Gasteiger partial charge in [-0.2, -0.15) is 0 Å². The molecule has 0 radical (unpaired) electrons. The van der Waals surface area contributed by atoms with Crippen LogP contribution in [-0.2, 0) is 11.3 Å². The van der Waals surface area contributed by atoms with Crippen molar-refractivity contribution in [3.8, 4) is 0 Å². The molecule has 1 atom stereocenters. The second kappa shape index (κ2) is 7.33. The minimum Gasteiger partial charge on any atom is -0.348 e. The molecule has 0 spiro atoms. The van der Waals surface area contributed by atoms with E-state index in [4.69, 9.17) is 0 Å². The number of carbonyl (C=O) groups is 1. The minimum atomic E-state index is -2.78. The molecular formula is C10H15Cl2F2N3OS. The second-order valence-electron chi connectivity index (χ2n) is 4.09. The van der Waals surface area contributed by atoms with Gasteiger partial charge < -0.3 is 5.32 Å². The lowest BCUT2D eigenvalue weighted by molar-refractivity contribution is -0.123. The van der Waals surface area contributed by atoms with E-state index in [1.165, 1.54) is 11.3 Å². The molecule has 2 rings (SSSR count). The second-order valence-corrected chi connectivity index (χ2v) is 5.04. The first-order chi connectivity index (χ1) is 7.96. The van der Waals surface area contributed by atoms with Crippen LogP contribution < -0.4 is 10.6 Å². The molecule has 2 N–H and O–H groups in total. The molecular weight excluding hydrogens is 319 g/mol. The number of aryl methyl sites for hydroxylation is 1. The molecule has 2 heterocycles.